The average molecular weight is 209 g/mol. The fourth-order valence-corrected chi connectivity index (χ4v) is 1.82. The highest BCUT2D eigenvalue weighted by Crippen LogP contribution is 2.19. The first-order chi connectivity index (χ1) is 7.84. The van der Waals surface area contributed by atoms with Crippen LogP contribution in [0.3, 0.4) is 0 Å². The Bertz CT molecular complexity index is 626. The van der Waals surface area contributed by atoms with Crippen LogP contribution in [0.15, 0.2) is 49.1 Å². The molecule has 3 aromatic heterocycles. The van der Waals surface area contributed by atoms with Crippen LogP contribution in [-0.4, -0.2) is 14.4 Å². The second kappa shape index (κ2) is 3.45. The van der Waals surface area contributed by atoms with Gasteiger partial charge in [-0.05, 0) is 30.7 Å². The number of aryl methyl sites for hydroxylation is 1. The van der Waals surface area contributed by atoms with Crippen molar-refractivity contribution in [2.24, 2.45) is 0 Å². The van der Waals surface area contributed by atoms with Crippen molar-refractivity contribution in [3.63, 3.8) is 0 Å². The maximum Gasteiger partial charge on any atom is 0.140 e. The van der Waals surface area contributed by atoms with Gasteiger partial charge < -0.3 is 4.40 Å². The number of hydrogen-bond acceptors (Lipinski definition) is 2. The first kappa shape index (κ1) is 9.09. The summed E-state index contributed by atoms with van der Waals surface area (Å²) in [4.78, 5) is 8.63. The topological polar surface area (TPSA) is 30.2 Å². The van der Waals surface area contributed by atoms with Crippen LogP contribution in [0.1, 0.15) is 5.56 Å². The van der Waals surface area contributed by atoms with Gasteiger partial charge in [0.15, 0.2) is 0 Å². The Morgan fingerprint density at radius 1 is 1.12 bits per heavy atom. The molecule has 0 N–H and O–H groups in total. The molecule has 0 saturated heterocycles. The Morgan fingerprint density at radius 2 is 1.94 bits per heavy atom. The van der Waals surface area contributed by atoms with Crippen LogP contribution in [0.25, 0.3) is 16.9 Å². The normalized spacial score (nSPS) is 10.8. The Labute approximate surface area is 93.4 Å². The molecule has 0 saturated carbocycles. The van der Waals surface area contributed by atoms with Gasteiger partial charge >= 0.3 is 0 Å². The molecule has 0 amide bonds. The highest BCUT2D eigenvalue weighted by Gasteiger charge is 2.04. The lowest BCUT2D eigenvalue weighted by atomic mass is 10.2. The Balaban J connectivity index is 2.23. The van der Waals surface area contributed by atoms with Gasteiger partial charge in [0.2, 0.25) is 0 Å². The lowest BCUT2D eigenvalue weighted by molar-refractivity contribution is 1.16. The van der Waals surface area contributed by atoms with Crippen molar-refractivity contribution < 1.29 is 0 Å². The van der Waals surface area contributed by atoms with Crippen molar-refractivity contribution in [1.29, 1.82) is 0 Å². The number of fused-ring (bicyclic) bond motifs is 1. The number of rotatable bonds is 1. The lowest BCUT2D eigenvalue weighted by Gasteiger charge is -1.94. The summed E-state index contributed by atoms with van der Waals surface area (Å²) in [5.41, 5.74) is 4.27. The zero-order valence-electron chi connectivity index (χ0n) is 8.96. The summed E-state index contributed by atoms with van der Waals surface area (Å²) in [5, 5.41) is 0. The molecule has 0 aromatic carbocycles. The molecule has 3 rings (SSSR count). The zero-order valence-corrected chi connectivity index (χ0v) is 8.96. The van der Waals surface area contributed by atoms with E-state index in [-0.39, 0.29) is 0 Å². The number of hydrogen-bond donors (Lipinski definition) is 0. The highest BCUT2D eigenvalue weighted by atomic mass is 15.0. The van der Waals surface area contributed by atoms with Gasteiger partial charge in [0.25, 0.3) is 0 Å². The standard InChI is InChI=1S/C13H11N3/c1-10-3-2-8-16-9-12(15-13(10)16)11-4-6-14-7-5-11/h2-9H,1H3. The zero-order chi connectivity index (χ0) is 11.0. The molecule has 3 aromatic rings. The van der Waals surface area contributed by atoms with E-state index in [0.29, 0.717) is 0 Å². The van der Waals surface area contributed by atoms with Crippen molar-refractivity contribution in [3.05, 3.63) is 54.6 Å². The smallest absolute Gasteiger partial charge is 0.140 e. The summed E-state index contributed by atoms with van der Waals surface area (Å²) in [7, 11) is 0. The van der Waals surface area contributed by atoms with Gasteiger partial charge in [0.05, 0.1) is 5.69 Å². The van der Waals surface area contributed by atoms with Gasteiger partial charge in [0, 0.05) is 30.4 Å². The van der Waals surface area contributed by atoms with Crippen LogP contribution in [0.5, 0.6) is 0 Å². The van der Waals surface area contributed by atoms with Crippen molar-refractivity contribution >= 4 is 5.65 Å². The fraction of sp³-hybridized carbons (Fsp3) is 0.0769. The molecule has 0 aliphatic heterocycles. The van der Waals surface area contributed by atoms with E-state index in [1.807, 2.05) is 35.0 Å². The van der Waals surface area contributed by atoms with E-state index in [1.54, 1.807) is 12.4 Å². The molecule has 78 valence electrons. The maximum atomic E-state index is 4.62. The van der Waals surface area contributed by atoms with Crippen LogP contribution in [-0.2, 0) is 0 Å². The van der Waals surface area contributed by atoms with Crippen LogP contribution < -0.4 is 0 Å². The van der Waals surface area contributed by atoms with Crippen molar-refractivity contribution in [3.8, 4) is 11.3 Å². The van der Waals surface area contributed by atoms with Gasteiger partial charge in [-0.15, -0.1) is 0 Å². The molecule has 0 bridgehead atoms. The third-order valence-electron chi connectivity index (χ3n) is 2.65. The van der Waals surface area contributed by atoms with E-state index in [1.165, 1.54) is 5.56 Å². The lowest BCUT2D eigenvalue weighted by Crippen LogP contribution is -1.83. The Morgan fingerprint density at radius 3 is 2.69 bits per heavy atom. The number of imidazole rings is 1. The summed E-state index contributed by atoms with van der Waals surface area (Å²) in [6.45, 7) is 2.07. The molecule has 0 radical (unpaired) electrons. The minimum atomic E-state index is 0.983. The molecule has 16 heavy (non-hydrogen) atoms. The molecule has 3 nitrogen and oxygen atoms in total. The number of aromatic nitrogens is 3. The minimum absolute atomic E-state index is 0.983. The summed E-state index contributed by atoms with van der Waals surface area (Å²) >= 11 is 0. The van der Waals surface area contributed by atoms with Crippen LogP contribution in [0.2, 0.25) is 0 Å². The van der Waals surface area contributed by atoms with Gasteiger partial charge in [-0.25, -0.2) is 4.98 Å². The molecule has 3 heterocycles. The monoisotopic (exact) mass is 209 g/mol. The first-order valence-electron chi connectivity index (χ1n) is 5.19. The summed E-state index contributed by atoms with van der Waals surface area (Å²) < 4.78 is 2.05. The third kappa shape index (κ3) is 1.37. The van der Waals surface area contributed by atoms with E-state index in [2.05, 4.69) is 23.0 Å². The second-order valence-electron chi connectivity index (χ2n) is 3.78. The highest BCUT2D eigenvalue weighted by molar-refractivity contribution is 5.63. The average Bonchev–Trinajstić information content (AvgIpc) is 2.76. The summed E-state index contributed by atoms with van der Waals surface area (Å²) in [6, 6.07) is 8.03. The molecule has 0 aliphatic rings. The maximum absolute atomic E-state index is 4.62. The van der Waals surface area contributed by atoms with Crippen molar-refractivity contribution in [2.45, 2.75) is 6.92 Å². The van der Waals surface area contributed by atoms with Gasteiger partial charge in [-0.1, -0.05) is 6.07 Å². The van der Waals surface area contributed by atoms with Gasteiger partial charge in [-0.2, -0.15) is 0 Å². The fourth-order valence-electron chi connectivity index (χ4n) is 1.82. The Hall–Kier alpha value is -2.16. The van der Waals surface area contributed by atoms with E-state index < -0.39 is 0 Å². The number of pyridine rings is 2. The van der Waals surface area contributed by atoms with Crippen molar-refractivity contribution in [1.82, 2.24) is 14.4 Å². The Kier molecular flexibility index (Phi) is 1.96. The van der Waals surface area contributed by atoms with Crippen LogP contribution in [0.4, 0.5) is 0 Å². The quantitative estimate of drug-likeness (QED) is 0.616. The molecule has 3 heteroatoms. The molecular formula is C13H11N3. The third-order valence-corrected chi connectivity index (χ3v) is 2.65. The van der Waals surface area contributed by atoms with Gasteiger partial charge in [-0.3, -0.25) is 4.98 Å². The van der Waals surface area contributed by atoms with E-state index in [9.17, 15) is 0 Å². The number of nitrogens with zero attached hydrogens (tertiary/aromatic N) is 3. The molecule has 0 fully saturated rings. The first-order valence-corrected chi connectivity index (χ1v) is 5.19. The van der Waals surface area contributed by atoms with Gasteiger partial charge in [0.1, 0.15) is 5.65 Å². The van der Waals surface area contributed by atoms with Crippen molar-refractivity contribution in [2.75, 3.05) is 0 Å². The predicted molar refractivity (Wildman–Crippen MR) is 63.2 cm³/mol. The van der Waals surface area contributed by atoms with E-state index in [0.717, 1.165) is 16.9 Å². The van der Waals surface area contributed by atoms with Crippen LogP contribution >= 0.6 is 0 Å². The second-order valence-corrected chi connectivity index (χ2v) is 3.78. The largest absolute Gasteiger partial charge is 0.306 e. The molecular weight excluding hydrogens is 198 g/mol. The predicted octanol–water partition coefficient (Wildman–Crippen LogP) is 2.70. The SMILES string of the molecule is Cc1cccn2cc(-c3ccncc3)nc12. The van der Waals surface area contributed by atoms with E-state index >= 15 is 0 Å². The van der Waals surface area contributed by atoms with Crippen LogP contribution in [0, 0.1) is 6.92 Å². The summed E-state index contributed by atoms with van der Waals surface area (Å²) in [5.74, 6) is 0. The summed E-state index contributed by atoms with van der Waals surface area (Å²) in [6.07, 6.45) is 7.62. The molecule has 0 aliphatic carbocycles. The minimum Gasteiger partial charge on any atom is -0.306 e. The van der Waals surface area contributed by atoms with E-state index in [4.69, 9.17) is 0 Å². The molecule has 0 atom stereocenters. The molecule has 0 unspecified atom stereocenters. The molecule has 0 spiro atoms.